The van der Waals surface area contributed by atoms with Crippen molar-refractivity contribution >= 4 is 17.8 Å². The van der Waals surface area contributed by atoms with Gasteiger partial charge >= 0.3 is 5.97 Å². The third-order valence-electron chi connectivity index (χ3n) is 5.49. The van der Waals surface area contributed by atoms with Crippen LogP contribution in [0.5, 0.6) is 5.75 Å². The van der Waals surface area contributed by atoms with Crippen molar-refractivity contribution in [3.63, 3.8) is 0 Å². The number of carbonyl (C=O) groups excluding carboxylic acids is 2. The average molecular weight is 374 g/mol. The van der Waals surface area contributed by atoms with Crippen LogP contribution in [-0.4, -0.2) is 59.4 Å². The number of carboxylic acid groups (broad SMARTS) is 1. The van der Waals surface area contributed by atoms with Crippen molar-refractivity contribution in [3.8, 4) is 5.75 Å². The summed E-state index contributed by atoms with van der Waals surface area (Å²) in [7, 11) is 1.61. The summed E-state index contributed by atoms with van der Waals surface area (Å²) in [4.78, 5) is 39.5. The molecule has 0 saturated carbocycles. The summed E-state index contributed by atoms with van der Waals surface area (Å²) in [6.07, 6.45) is 1.85. The first-order chi connectivity index (χ1) is 13.0. The van der Waals surface area contributed by atoms with E-state index in [1.807, 2.05) is 24.3 Å². The van der Waals surface area contributed by atoms with Gasteiger partial charge in [-0.15, -0.1) is 0 Å². The maximum atomic E-state index is 12.8. The van der Waals surface area contributed by atoms with Crippen molar-refractivity contribution in [2.45, 2.75) is 32.2 Å². The van der Waals surface area contributed by atoms with Crippen molar-refractivity contribution in [3.05, 3.63) is 29.8 Å². The van der Waals surface area contributed by atoms with E-state index in [2.05, 4.69) is 0 Å². The standard InChI is InChI=1S/C20H26N2O5/c1-27-17-4-2-15(3-5-17)12-22-13-16(11-18(22)23)20(26)21-8-6-14(7-9-21)10-19(24)25/h2-5,14,16H,6-13H2,1H3,(H,24,25). The van der Waals surface area contributed by atoms with Gasteiger partial charge in [-0.1, -0.05) is 12.1 Å². The van der Waals surface area contributed by atoms with Crippen LogP contribution in [0, 0.1) is 11.8 Å². The maximum absolute atomic E-state index is 12.8. The normalized spacial score (nSPS) is 20.8. The fourth-order valence-electron chi connectivity index (χ4n) is 3.90. The molecule has 1 N–H and O–H groups in total. The molecule has 1 atom stereocenters. The molecule has 2 fully saturated rings. The van der Waals surface area contributed by atoms with Gasteiger partial charge in [0.05, 0.1) is 13.0 Å². The van der Waals surface area contributed by atoms with Crippen molar-refractivity contribution in [1.29, 1.82) is 0 Å². The Kier molecular flexibility index (Phi) is 5.98. The molecule has 0 aliphatic carbocycles. The number of piperidine rings is 1. The molecular weight excluding hydrogens is 348 g/mol. The highest BCUT2D eigenvalue weighted by molar-refractivity contribution is 5.89. The largest absolute Gasteiger partial charge is 0.497 e. The number of methoxy groups -OCH3 is 1. The van der Waals surface area contributed by atoms with Gasteiger partial charge in [-0.2, -0.15) is 0 Å². The second kappa shape index (κ2) is 8.41. The van der Waals surface area contributed by atoms with E-state index in [0.717, 1.165) is 11.3 Å². The van der Waals surface area contributed by atoms with Gasteiger partial charge in [-0.25, -0.2) is 0 Å². The summed E-state index contributed by atoms with van der Waals surface area (Å²) >= 11 is 0. The van der Waals surface area contributed by atoms with Crippen LogP contribution in [0.1, 0.15) is 31.2 Å². The van der Waals surface area contributed by atoms with Gasteiger partial charge in [0.15, 0.2) is 0 Å². The quantitative estimate of drug-likeness (QED) is 0.820. The lowest BCUT2D eigenvalue weighted by Crippen LogP contribution is -2.42. The van der Waals surface area contributed by atoms with Crippen LogP contribution in [0.25, 0.3) is 0 Å². The lowest BCUT2D eigenvalue weighted by Gasteiger charge is -2.33. The van der Waals surface area contributed by atoms with Crippen LogP contribution in [0.3, 0.4) is 0 Å². The zero-order chi connectivity index (χ0) is 19.4. The summed E-state index contributed by atoms with van der Waals surface area (Å²) in [5.41, 5.74) is 1.01. The smallest absolute Gasteiger partial charge is 0.303 e. The molecule has 2 heterocycles. The predicted octanol–water partition coefficient (Wildman–Crippen LogP) is 1.76. The Hall–Kier alpha value is -2.57. The topological polar surface area (TPSA) is 87.2 Å². The zero-order valence-electron chi connectivity index (χ0n) is 15.6. The number of carboxylic acids is 1. The fraction of sp³-hybridized carbons (Fsp3) is 0.550. The minimum atomic E-state index is -0.782. The van der Waals surface area contributed by atoms with Gasteiger partial charge < -0.3 is 19.6 Å². The Morgan fingerprint density at radius 3 is 2.44 bits per heavy atom. The first-order valence-corrected chi connectivity index (χ1v) is 9.37. The Balaban J connectivity index is 1.52. The van der Waals surface area contributed by atoms with Crippen LogP contribution in [0.15, 0.2) is 24.3 Å². The molecule has 146 valence electrons. The number of hydrogen-bond acceptors (Lipinski definition) is 4. The molecule has 7 heteroatoms. The summed E-state index contributed by atoms with van der Waals surface area (Å²) in [6, 6.07) is 7.57. The van der Waals surface area contributed by atoms with Gasteiger partial charge in [-0.3, -0.25) is 14.4 Å². The van der Waals surface area contributed by atoms with E-state index >= 15 is 0 Å². The number of rotatable bonds is 6. The second-order valence-corrected chi connectivity index (χ2v) is 7.39. The first-order valence-electron chi connectivity index (χ1n) is 9.37. The number of benzene rings is 1. The fourth-order valence-corrected chi connectivity index (χ4v) is 3.90. The monoisotopic (exact) mass is 374 g/mol. The Morgan fingerprint density at radius 1 is 1.19 bits per heavy atom. The van der Waals surface area contributed by atoms with E-state index in [9.17, 15) is 14.4 Å². The highest BCUT2D eigenvalue weighted by atomic mass is 16.5. The van der Waals surface area contributed by atoms with Crippen molar-refractivity contribution < 1.29 is 24.2 Å². The van der Waals surface area contributed by atoms with Crippen molar-refractivity contribution in [1.82, 2.24) is 9.80 Å². The first kappa shape index (κ1) is 19.2. The molecule has 1 unspecified atom stereocenters. The third kappa shape index (κ3) is 4.78. The maximum Gasteiger partial charge on any atom is 0.303 e. The molecule has 2 saturated heterocycles. The summed E-state index contributed by atoms with van der Waals surface area (Å²) in [6.45, 7) is 2.10. The number of hydrogen-bond donors (Lipinski definition) is 1. The van der Waals surface area contributed by atoms with E-state index in [0.29, 0.717) is 39.0 Å². The molecular formula is C20H26N2O5. The van der Waals surface area contributed by atoms with E-state index < -0.39 is 5.97 Å². The molecule has 1 aromatic carbocycles. The van der Waals surface area contributed by atoms with E-state index in [4.69, 9.17) is 9.84 Å². The molecule has 0 aromatic heterocycles. The molecule has 0 spiro atoms. The minimum Gasteiger partial charge on any atom is -0.497 e. The van der Waals surface area contributed by atoms with E-state index in [1.54, 1.807) is 16.9 Å². The minimum absolute atomic E-state index is 0.00457. The summed E-state index contributed by atoms with van der Waals surface area (Å²) < 4.78 is 5.14. The third-order valence-corrected chi connectivity index (χ3v) is 5.49. The van der Waals surface area contributed by atoms with Crippen LogP contribution >= 0.6 is 0 Å². The molecule has 7 nitrogen and oxygen atoms in total. The van der Waals surface area contributed by atoms with Gasteiger partial charge in [-0.05, 0) is 36.5 Å². The average Bonchev–Trinajstić information content (AvgIpc) is 3.02. The number of carbonyl (C=O) groups is 3. The second-order valence-electron chi connectivity index (χ2n) is 7.39. The Bertz CT molecular complexity index is 695. The predicted molar refractivity (Wildman–Crippen MR) is 98.1 cm³/mol. The molecule has 0 bridgehead atoms. The highest BCUT2D eigenvalue weighted by Crippen LogP contribution is 2.26. The van der Waals surface area contributed by atoms with Gasteiger partial charge in [0, 0.05) is 39.0 Å². The molecule has 2 amide bonds. The van der Waals surface area contributed by atoms with E-state index in [-0.39, 0.29) is 36.5 Å². The van der Waals surface area contributed by atoms with Crippen molar-refractivity contribution in [2.24, 2.45) is 11.8 Å². The van der Waals surface area contributed by atoms with E-state index in [1.165, 1.54) is 0 Å². The van der Waals surface area contributed by atoms with Gasteiger partial charge in [0.2, 0.25) is 11.8 Å². The molecule has 1 aromatic rings. The Labute approximate surface area is 158 Å². The van der Waals surface area contributed by atoms with Crippen LogP contribution in [0.2, 0.25) is 0 Å². The summed E-state index contributed by atoms with van der Waals surface area (Å²) in [5.74, 6) is -0.143. The molecule has 0 radical (unpaired) electrons. The lowest BCUT2D eigenvalue weighted by atomic mass is 9.92. The SMILES string of the molecule is COc1ccc(CN2CC(C(=O)N3CCC(CC(=O)O)CC3)CC2=O)cc1. The number of aliphatic carboxylic acids is 1. The molecule has 3 rings (SSSR count). The number of ether oxygens (including phenoxy) is 1. The number of nitrogens with zero attached hydrogens (tertiary/aromatic N) is 2. The van der Waals surface area contributed by atoms with Gasteiger partial charge in [0.1, 0.15) is 5.75 Å². The van der Waals surface area contributed by atoms with Crippen LogP contribution in [0.4, 0.5) is 0 Å². The molecule has 27 heavy (non-hydrogen) atoms. The highest BCUT2D eigenvalue weighted by Gasteiger charge is 2.37. The number of amides is 2. The van der Waals surface area contributed by atoms with Gasteiger partial charge in [0.25, 0.3) is 0 Å². The zero-order valence-corrected chi connectivity index (χ0v) is 15.6. The van der Waals surface area contributed by atoms with Crippen LogP contribution in [-0.2, 0) is 20.9 Å². The Morgan fingerprint density at radius 2 is 1.85 bits per heavy atom. The lowest BCUT2D eigenvalue weighted by molar-refractivity contribution is -0.139. The summed E-state index contributed by atoms with van der Waals surface area (Å²) in [5, 5.41) is 8.89. The molecule has 2 aliphatic heterocycles. The van der Waals surface area contributed by atoms with Crippen molar-refractivity contribution in [2.75, 3.05) is 26.7 Å². The van der Waals surface area contributed by atoms with Crippen LogP contribution < -0.4 is 4.74 Å². The molecule has 2 aliphatic rings. The number of likely N-dealkylation sites (tertiary alicyclic amines) is 2.